The van der Waals surface area contributed by atoms with Crippen molar-refractivity contribution in [2.24, 2.45) is 7.05 Å². The van der Waals surface area contributed by atoms with E-state index in [1.165, 1.54) is 0 Å². The van der Waals surface area contributed by atoms with Crippen molar-refractivity contribution in [3.63, 3.8) is 0 Å². The fraction of sp³-hybridized carbons (Fsp3) is 0.708. The third-order valence-electron chi connectivity index (χ3n) is 5.75. The second-order valence-corrected chi connectivity index (χ2v) is 10.7. The van der Waals surface area contributed by atoms with Gasteiger partial charge in [0.2, 0.25) is 17.7 Å². The average Bonchev–Trinajstić information content (AvgIpc) is 3.38. The quantitative estimate of drug-likeness (QED) is 0.317. The van der Waals surface area contributed by atoms with Crippen LogP contribution in [0.1, 0.15) is 46.1 Å². The minimum atomic E-state index is -0.799. The number of carbonyl (C=O) groups is 4. The standard InChI is InChI=1S/C24H38N6O8/c1-23(2,3)38-22(34)28-11-19(33)27-10-18(32)26-9-17(31)25-8-16-21-20(36-24(4,5)37-21)15(13-35-16)14-7-29-30(6)12-14/h7,12,15-16,20-21H,8-11,13H2,1-6H3,(H,25,31)(H,26,32)(H,27,33)(H,28,34)/t15-,16+,20+,21-/m0/s1. The summed E-state index contributed by atoms with van der Waals surface area (Å²) < 4.78 is 25.0. The molecule has 0 saturated carbocycles. The molecular weight excluding hydrogens is 500 g/mol. The Bertz CT molecular complexity index is 1020. The summed E-state index contributed by atoms with van der Waals surface area (Å²) in [5.41, 5.74) is 0.296. The van der Waals surface area contributed by atoms with E-state index in [-0.39, 0.29) is 38.2 Å². The Kier molecular flexibility index (Phi) is 9.33. The van der Waals surface area contributed by atoms with E-state index in [9.17, 15) is 19.2 Å². The summed E-state index contributed by atoms with van der Waals surface area (Å²) in [4.78, 5) is 47.7. The second kappa shape index (κ2) is 12.1. The van der Waals surface area contributed by atoms with Gasteiger partial charge in [-0.3, -0.25) is 19.1 Å². The molecule has 0 unspecified atom stereocenters. The molecule has 1 aromatic heterocycles. The van der Waals surface area contributed by atoms with Gasteiger partial charge in [0.15, 0.2) is 5.79 Å². The molecular formula is C24H38N6O8. The van der Waals surface area contributed by atoms with Crippen molar-refractivity contribution >= 4 is 23.8 Å². The Labute approximate surface area is 221 Å². The van der Waals surface area contributed by atoms with Crippen LogP contribution < -0.4 is 21.3 Å². The maximum Gasteiger partial charge on any atom is 0.408 e. The summed E-state index contributed by atoms with van der Waals surface area (Å²) in [7, 11) is 1.84. The molecule has 4 atom stereocenters. The Morgan fingerprint density at radius 2 is 1.58 bits per heavy atom. The SMILES string of the molecule is Cn1cc([C@@H]2CO[C@H](CNC(=O)CNC(=O)CNC(=O)CNC(=O)OC(C)(C)C)[C@@H]3OC(C)(C)O[C@@H]32)cn1. The first-order chi connectivity index (χ1) is 17.7. The first-order valence-electron chi connectivity index (χ1n) is 12.4. The molecule has 0 radical (unpaired) electrons. The molecule has 0 aromatic carbocycles. The lowest BCUT2D eigenvalue weighted by atomic mass is 9.88. The van der Waals surface area contributed by atoms with Crippen LogP contribution >= 0.6 is 0 Å². The van der Waals surface area contributed by atoms with Crippen LogP contribution in [0.25, 0.3) is 0 Å². The van der Waals surface area contributed by atoms with Gasteiger partial charge in [-0.15, -0.1) is 0 Å². The molecule has 2 aliphatic heterocycles. The minimum Gasteiger partial charge on any atom is -0.444 e. The molecule has 4 amide bonds. The molecule has 1 aromatic rings. The lowest BCUT2D eigenvalue weighted by molar-refractivity contribution is -0.153. The smallest absolute Gasteiger partial charge is 0.408 e. The molecule has 14 heteroatoms. The highest BCUT2D eigenvalue weighted by atomic mass is 16.8. The zero-order chi connectivity index (χ0) is 28.1. The molecule has 2 fully saturated rings. The molecule has 2 saturated heterocycles. The van der Waals surface area contributed by atoms with Gasteiger partial charge in [-0.25, -0.2) is 4.79 Å². The predicted octanol–water partition coefficient (Wildman–Crippen LogP) is -0.704. The largest absolute Gasteiger partial charge is 0.444 e. The highest BCUT2D eigenvalue weighted by molar-refractivity contribution is 5.89. The van der Waals surface area contributed by atoms with Crippen LogP contribution in [0.5, 0.6) is 0 Å². The van der Waals surface area contributed by atoms with Gasteiger partial charge in [0.1, 0.15) is 24.4 Å². The van der Waals surface area contributed by atoms with Gasteiger partial charge in [-0.1, -0.05) is 0 Å². The Balaban J connectivity index is 1.37. The van der Waals surface area contributed by atoms with Crippen LogP contribution in [0.4, 0.5) is 4.79 Å². The van der Waals surface area contributed by atoms with Crippen molar-refractivity contribution in [3.05, 3.63) is 18.0 Å². The monoisotopic (exact) mass is 538 g/mol. The molecule has 0 bridgehead atoms. The van der Waals surface area contributed by atoms with Gasteiger partial charge in [0.25, 0.3) is 0 Å². The highest BCUT2D eigenvalue weighted by Gasteiger charge is 2.52. The number of carbonyl (C=O) groups excluding carboxylic acids is 4. The Morgan fingerprint density at radius 3 is 2.16 bits per heavy atom. The third kappa shape index (κ3) is 8.67. The van der Waals surface area contributed by atoms with E-state index in [1.54, 1.807) is 31.6 Å². The highest BCUT2D eigenvalue weighted by Crippen LogP contribution is 2.41. The zero-order valence-corrected chi connectivity index (χ0v) is 22.7. The van der Waals surface area contributed by atoms with Gasteiger partial charge in [-0.2, -0.15) is 5.10 Å². The summed E-state index contributed by atoms with van der Waals surface area (Å²) in [6.45, 7) is 8.33. The van der Waals surface area contributed by atoms with E-state index in [2.05, 4.69) is 26.4 Å². The number of hydrogen-bond donors (Lipinski definition) is 4. The number of rotatable bonds is 9. The number of nitrogens with zero attached hydrogens (tertiary/aromatic N) is 2. The van der Waals surface area contributed by atoms with Gasteiger partial charge < -0.3 is 40.2 Å². The second-order valence-electron chi connectivity index (χ2n) is 10.7. The summed E-state index contributed by atoms with van der Waals surface area (Å²) >= 11 is 0. The van der Waals surface area contributed by atoms with E-state index < -0.39 is 47.4 Å². The fourth-order valence-corrected chi connectivity index (χ4v) is 4.15. The van der Waals surface area contributed by atoms with E-state index in [0.717, 1.165) is 5.56 Å². The van der Waals surface area contributed by atoms with Crippen molar-refractivity contribution in [2.75, 3.05) is 32.8 Å². The van der Waals surface area contributed by atoms with E-state index in [1.807, 2.05) is 27.1 Å². The van der Waals surface area contributed by atoms with Crippen molar-refractivity contribution in [1.29, 1.82) is 0 Å². The normalized spacial score (nSPS) is 24.2. The van der Waals surface area contributed by atoms with Gasteiger partial charge in [0.05, 0.1) is 32.0 Å². The number of aryl methyl sites for hydroxylation is 1. The summed E-state index contributed by atoms with van der Waals surface area (Å²) in [6, 6.07) is 0. The van der Waals surface area contributed by atoms with E-state index in [0.29, 0.717) is 6.61 Å². The Hall–Kier alpha value is -3.23. The number of aromatic nitrogens is 2. The molecule has 3 rings (SSSR count). The topological polar surface area (TPSA) is 171 Å². The third-order valence-corrected chi connectivity index (χ3v) is 5.75. The first kappa shape index (κ1) is 29.3. The maximum absolute atomic E-state index is 12.3. The molecule has 212 valence electrons. The minimum absolute atomic E-state index is 0.0590. The maximum atomic E-state index is 12.3. The molecule has 0 spiro atoms. The van der Waals surface area contributed by atoms with E-state index >= 15 is 0 Å². The first-order valence-corrected chi connectivity index (χ1v) is 12.4. The predicted molar refractivity (Wildman–Crippen MR) is 133 cm³/mol. The van der Waals surface area contributed by atoms with Crippen LogP contribution in [0, 0.1) is 0 Å². The van der Waals surface area contributed by atoms with Crippen LogP contribution in [0.3, 0.4) is 0 Å². The molecule has 2 aliphatic rings. The van der Waals surface area contributed by atoms with Crippen LogP contribution in [-0.2, 0) is 40.4 Å². The molecule has 0 aliphatic carbocycles. The van der Waals surface area contributed by atoms with Crippen molar-refractivity contribution in [1.82, 2.24) is 31.0 Å². The lowest BCUT2D eigenvalue weighted by Crippen LogP contribution is -2.52. The number of hydrogen-bond acceptors (Lipinski definition) is 9. The van der Waals surface area contributed by atoms with Crippen molar-refractivity contribution in [2.45, 2.75) is 70.2 Å². The van der Waals surface area contributed by atoms with Crippen LogP contribution in [0.15, 0.2) is 12.4 Å². The Morgan fingerprint density at radius 1 is 1.00 bits per heavy atom. The van der Waals surface area contributed by atoms with Gasteiger partial charge in [0, 0.05) is 25.7 Å². The summed E-state index contributed by atoms with van der Waals surface area (Å²) in [5, 5.41) is 14.0. The van der Waals surface area contributed by atoms with Crippen molar-refractivity contribution in [3.8, 4) is 0 Å². The number of fused-ring (bicyclic) bond motifs is 1. The van der Waals surface area contributed by atoms with Gasteiger partial charge >= 0.3 is 6.09 Å². The molecule has 14 nitrogen and oxygen atoms in total. The number of amides is 4. The zero-order valence-electron chi connectivity index (χ0n) is 22.7. The molecule has 4 N–H and O–H groups in total. The number of alkyl carbamates (subject to hydrolysis) is 1. The summed E-state index contributed by atoms with van der Waals surface area (Å²) in [5.74, 6) is -2.42. The van der Waals surface area contributed by atoms with Crippen LogP contribution in [-0.4, -0.2) is 96.1 Å². The number of ether oxygens (including phenoxy) is 4. The van der Waals surface area contributed by atoms with Gasteiger partial charge in [-0.05, 0) is 40.2 Å². The van der Waals surface area contributed by atoms with Crippen molar-refractivity contribution < 1.29 is 38.1 Å². The average molecular weight is 539 g/mol. The fourth-order valence-electron chi connectivity index (χ4n) is 4.15. The number of nitrogens with one attached hydrogen (secondary N) is 4. The van der Waals surface area contributed by atoms with E-state index in [4.69, 9.17) is 18.9 Å². The molecule has 3 heterocycles. The molecule has 38 heavy (non-hydrogen) atoms. The summed E-state index contributed by atoms with van der Waals surface area (Å²) in [6.07, 6.45) is 1.86. The van der Waals surface area contributed by atoms with Crippen LogP contribution in [0.2, 0.25) is 0 Å². The lowest BCUT2D eigenvalue weighted by Gasteiger charge is -2.36.